The molecule has 176 valence electrons. The van der Waals surface area contributed by atoms with Crippen LogP contribution in [0.3, 0.4) is 0 Å². The summed E-state index contributed by atoms with van der Waals surface area (Å²) in [6, 6.07) is 3.65. The summed E-state index contributed by atoms with van der Waals surface area (Å²) in [5, 5.41) is 4.22. The van der Waals surface area contributed by atoms with Gasteiger partial charge in [0.15, 0.2) is 0 Å². The molecule has 2 N–H and O–H groups in total. The second-order valence-corrected chi connectivity index (χ2v) is 7.49. The van der Waals surface area contributed by atoms with Crippen LogP contribution in [0.15, 0.2) is 24.4 Å². The monoisotopic (exact) mass is 458 g/mol. The van der Waals surface area contributed by atoms with Gasteiger partial charge in [-0.2, -0.15) is 5.10 Å². The summed E-state index contributed by atoms with van der Waals surface area (Å²) in [7, 11) is 1.49. The molecule has 4 rings (SSSR count). The van der Waals surface area contributed by atoms with Gasteiger partial charge in [0.05, 0.1) is 37.2 Å². The minimum absolute atomic E-state index is 0.0245. The van der Waals surface area contributed by atoms with E-state index in [1.54, 1.807) is 19.9 Å². The number of carbonyl (C=O) groups is 1. The summed E-state index contributed by atoms with van der Waals surface area (Å²) in [4.78, 5) is 16.2. The molecule has 33 heavy (non-hydrogen) atoms. The minimum atomic E-state index is -0.768. The highest BCUT2D eigenvalue weighted by atomic mass is 19.1. The van der Waals surface area contributed by atoms with Crippen molar-refractivity contribution in [2.75, 3.05) is 20.3 Å². The van der Waals surface area contributed by atoms with Gasteiger partial charge in [0, 0.05) is 35.1 Å². The van der Waals surface area contributed by atoms with Crippen molar-refractivity contribution in [3.63, 3.8) is 0 Å². The molecule has 0 radical (unpaired) electrons. The number of rotatable bonds is 5. The van der Waals surface area contributed by atoms with E-state index in [9.17, 15) is 4.79 Å². The van der Waals surface area contributed by atoms with Gasteiger partial charge in [-0.15, -0.1) is 0 Å². The van der Waals surface area contributed by atoms with Gasteiger partial charge >= 0.3 is 0 Å². The zero-order chi connectivity index (χ0) is 24.3. The highest BCUT2D eigenvalue weighted by Gasteiger charge is 2.28. The van der Waals surface area contributed by atoms with Gasteiger partial charge in [-0.05, 0) is 38.0 Å². The Kier molecular flexibility index (Phi) is 7.43. The van der Waals surface area contributed by atoms with Crippen LogP contribution >= 0.6 is 0 Å². The number of methoxy groups -OCH3 is 1. The fourth-order valence-electron chi connectivity index (χ4n) is 4.03. The summed E-state index contributed by atoms with van der Waals surface area (Å²) in [5.41, 5.74) is 7.32. The largest absolute Gasteiger partial charge is 0.481 e. The number of ether oxygens (including phenoxy) is 2. The molecule has 0 spiro atoms. The highest BCUT2D eigenvalue weighted by Crippen LogP contribution is 2.37. The summed E-state index contributed by atoms with van der Waals surface area (Å²) in [6.45, 7) is 8.37. The standard InChI is InChI=1S/C22H22F2N4O3.C2H6/c1-11-6-19(30-3)27-12(2)20(11)14-7-18(24)15(8-17(14)23)21-16(22(25)29)9-26-28(21)13-4-5-31-10-13;1-2/h6-9,13H,4-5,10H2,1-3H3,(H2,25,29);1-2H3/t13-;/m0./s1. The first-order valence-corrected chi connectivity index (χ1v) is 10.8. The number of aryl methyl sites for hydroxylation is 2. The van der Waals surface area contributed by atoms with E-state index < -0.39 is 17.5 Å². The van der Waals surface area contributed by atoms with Crippen LogP contribution in [0.1, 0.15) is 47.9 Å². The molecule has 1 aliphatic heterocycles. The van der Waals surface area contributed by atoms with Crippen LogP contribution in [0.2, 0.25) is 0 Å². The molecule has 0 saturated carbocycles. The third-order valence-corrected chi connectivity index (χ3v) is 5.48. The predicted molar refractivity (Wildman–Crippen MR) is 121 cm³/mol. The molecular formula is C24H28F2N4O3. The number of carbonyl (C=O) groups excluding carboxylic acids is 1. The zero-order valence-electron chi connectivity index (χ0n) is 19.4. The summed E-state index contributed by atoms with van der Waals surface area (Å²) in [6.07, 6.45) is 1.92. The summed E-state index contributed by atoms with van der Waals surface area (Å²) in [5.74, 6) is -1.73. The second-order valence-electron chi connectivity index (χ2n) is 7.49. The van der Waals surface area contributed by atoms with Gasteiger partial charge in [-0.25, -0.2) is 13.8 Å². The van der Waals surface area contributed by atoms with E-state index in [1.165, 1.54) is 18.0 Å². The van der Waals surface area contributed by atoms with Crippen LogP contribution in [0, 0.1) is 25.5 Å². The number of hydrogen-bond donors (Lipinski definition) is 1. The maximum absolute atomic E-state index is 15.4. The molecule has 1 amide bonds. The Hall–Kier alpha value is -3.33. The number of aromatic nitrogens is 3. The number of halogens is 2. The van der Waals surface area contributed by atoms with Crippen LogP contribution in [-0.2, 0) is 4.74 Å². The summed E-state index contributed by atoms with van der Waals surface area (Å²) >= 11 is 0. The number of amides is 1. The van der Waals surface area contributed by atoms with Crippen molar-refractivity contribution in [2.24, 2.45) is 5.73 Å². The fraction of sp³-hybridized carbons (Fsp3) is 0.375. The molecule has 7 nitrogen and oxygen atoms in total. The van der Waals surface area contributed by atoms with Gasteiger partial charge in [0.2, 0.25) is 5.88 Å². The van der Waals surface area contributed by atoms with E-state index in [0.717, 1.165) is 12.1 Å². The molecule has 9 heteroatoms. The molecule has 0 bridgehead atoms. The first-order valence-electron chi connectivity index (χ1n) is 10.8. The Morgan fingerprint density at radius 2 is 1.85 bits per heavy atom. The van der Waals surface area contributed by atoms with Crippen molar-refractivity contribution < 1.29 is 23.0 Å². The molecule has 0 unspecified atom stereocenters. The Balaban J connectivity index is 0.00000149. The van der Waals surface area contributed by atoms with E-state index in [4.69, 9.17) is 15.2 Å². The molecule has 1 fully saturated rings. The second kappa shape index (κ2) is 10.1. The van der Waals surface area contributed by atoms with Crippen LogP contribution in [0.25, 0.3) is 22.4 Å². The van der Waals surface area contributed by atoms with Crippen molar-refractivity contribution >= 4 is 5.91 Å². The van der Waals surface area contributed by atoms with Crippen LogP contribution < -0.4 is 10.5 Å². The maximum atomic E-state index is 15.4. The third-order valence-electron chi connectivity index (χ3n) is 5.48. The molecule has 1 aromatic carbocycles. The van der Waals surface area contributed by atoms with E-state index in [2.05, 4.69) is 10.1 Å². The van der Waals surface area contributed by atoms with Crippen molar-refractivity contribution in [1.82, 2.24) is 14.8 Å². The van der Waals surface area contributed by atoms with E-state index in [0.29, 0.717) is 42.3 Å². The average Bonchev–Trinajstić information content (AvgIpc) is 3.46. The van der Waals surface area contributed by atoms with Gasteiger partial charge in [-0.3, -0.25) is 9.48 Å². The van der Waals surface area contributed by atoms with Gasteiger partial charge in [-0.1, -0.05) is 13.8 Å². The normalized spacial score (nSPS) is 15.2. The average molecular weight is 459 g/mol. The molecule has 0 aliphatic carbocycles. The topological polar surface area (TPSA) is 92.3 Å². The lowest BCUT2D eigenvalue weighted by molar-refractivity contribution is 0.100. The van der Waals surface area contributed by atoms with Crippen molar-refractivity contribution in [1.29, 1.82) is 0 Å². The van der Waals surface area contributed by atoms with Crippen molar-refractivity contribution in [2.45, 2.75) is 40.2 Å². The quantitative estimate of drug-likeness (QED) is 0.603. The van der Waals surface area contributed by atoms with Crippen LogP contribution in [0.5, 0.6) is 5.88 Å². The van der Waals surface area contributed by atoms with Crippen molar-refractivity contribution in [3.05, 3.63) is 52.9 Å². The van der Waals surface area contributed by atoms with Crippen molar-refractivity contribution in [3.8, 4) is 28.3 Å². The number of pyridine rings is 1. The van der Waals surface area contributed by atoms with Gasteiger partial charge < -0.3 is 15.2 Å². The molecule has 1 saturated heterocycles. The van der Waals surface area contributed by atoms with E-state index in [1.807, 2.05) is 13.8 Å². The Morgan fingerprint density at radius 1 is 1.18 bits per heavy atom. The van der Waals surface area contributed by atoms with Crippen LogP contribution in [-0.4, -0.2) is 41.0 Å². The molecule has 3 aromatic rings. The Morgan fingerprint density at radius 3 is 2.42 bits per heavy atom. The highest BCUT2D eigenvalue weighted by molar-refractivity contribution is 5.99. The number of primary amides is 1. The Labute approximate surface area is 191 Å². The number of nitrogens with zero attached hydrogens (tertiary/aromatic N) is 3. The zero-order valence-corrected chi connectivity index (χ0v) is 19.4. The maximum Gasteiger partial charge on any atom is 0.252 e. The van der Waals surface area contributed by atoms with Crippen LogP contribution in [0.4, 0.5) is 8.78 Å². The lowest BCUT2D eigenvalue weighted by atomic mass is 9.96. The smallest absolute Gasteiger partial charge is 0.252 e. The first-order chi connectivity index (χ1) is 15.8. The predicted octanol–water partition coefficient (Wildman–Crippen LogP) is 4.60. The lowest BCUT2D eigenvalue weighted by Crippen LogP contribution is -2.16. The third kappa shape index (κ3) is 4.59. The number of hydrogen-bond acceptors (Lipinski definition) is 5. The summed E-state index contributed by atoms with van der Waals surface area (Å²) < 4.78 is 42.7. The number of benzene rings is 1. The molecule has 1 atom stereocenters. The van der Waals surface area contributed by atoms with Gasteiger partial charge in [0.25, 0.3) is 5.91 Å². The molecule has 2 aromatic heterocycles. The van der Waals surface area contributed by atoms with Gasteiger partial charge in [0.1, 0.15) is 11.6 Å². The fourth-order valence-corrected chi connectivity index (χ4v) is 4.03. The SMILES string of the molecule is CC.COc1cc(C)c(-c2cc(F)c(-c3c(C(N)=O)cnn3[C@H]3CCOC3)cc2F)c(C)n1. The first kappa shape index (κ1) is 24.3. The Bertz CT molecular complexity index is 1150. The van der Waals surface area contributed by atoms with E-state index >= 15 is 8.78 Å². The molecule has 1 aliphatic rings. The lowest BCUT2D eigenvalue weighted by Gasteiger charge is -2.17. The molecule has 3 heterocycles. The number of nitrogens with two attached hydrogens (primary N) is 1. The molecular weight excluding hydrogens is 430 g/mol. The van der Waals surface area contributed by atoms with E-state index in [-0.39, 0.29) is 28.4 Å². The minimum Gasteiger partial charge on any atom is -0.481 e.